The molecule has 208 valence electrons. The molecule has 0 spiro atoms. The SMILES string of the molecule is CC(C)CNCCCCNC(=O)[C@@H](Cc1ccc2ccccc2c1)NC(=O)C(C)(C)NC(=O)c1ccccc1. The first-order valence-corrected chi connectivity index (χ1v) is 13.8. The molecule has 1 atom stereocenters. The van der Waals surface area contributed by atoms with Gasteiger partial charge in [0, 0.05) is 18.5 Å². The van der Waals surface area contributed by atoms with Gasteiger partial charge in [-0.15, -0.1) is 0 Å². The maximum absolute atomic E-state index is 13.3. The van der Waals surface area contributed by atoms with Gasteiger partial charge in [-0.1, -0.05) is 74.5 Å². The third-order valence-corrected chi connectivity index (χ3v) is 6.54. The third-order valence-electron chi connectivity index (χ3n) is 6.54. The molecule has 3 rings (SSSR count). The molecule has 0 unspecified atom stereocenters. The Kier molecular flexibility index (Phi) is 11.1. The lowest BCUT2D eigenvalue weighted by atomic mass is 9.98. The number of carbonyl (C=O) groups excluding carboxylic acids is 3. The van der Waals surface area contributed by atoms with Crippen molar-refractivity contribution in [1.82, 2.24) is 21.3 Å². The summed E-state index contributed by atoms with van der Waals surface area (Å²) in [5.41, 5.74) is 0.182. The van der Waals surface area contributed by atoms with Crippen LogP contribution >= 0.6 is 0 Å². The molecule has 0 heterocycles. The largest absolute Gasteiger partial charge is 0.354 e. The van der Waals surface area contributed by atoms with E-state index in [0.717, 1.165) is 42.3 Å². The monoisotopic (exact) mass is 530 g/mol. The van der Waals surface area contributed by atoms with E-state index in [0.29, 0.717) is 24.4 Å². The summed E-state index contributed by atoms with van der Waals surface area (Å²) in [5.74, 6) is -0.411. The van der Waals surface area contributed by atoms with Gasteiger partial charge in [-0.3, -0.25) is 14.4 Å². The smallest absolute Gasteiger partial charge is 0.252 e. The van der Waals surface area contributed by atoms with E-state index in [4.69, 9.17) is 0 Å². The van der Waals surface area contributed by atoms with Gasteiger partial charge < -0.3 is 21.3 Å². The summed E-state index contributed by atoms with van der Waals surface area (Å²) in [5, 5.41) is 14.3. The molecule has 0 saturated heterocycles. The number of amides is 3. The lowest BCUT2D eigenvalue weighted by molar-refractivity contribution is -0.131. The standard InChI is InChI=1S/C32H42N4O3/c1-23(2)22-33-18-10-11-19-34-30(38)28(21-24-16-17-25-12-8-9-15-27(25)20-24)35-31(39)32(3,4)36-29(37)26-13-6-5-7-14-26/h5-9,12-17,20,23,28,33H,10-11,18-19,21-22H2,1-4H3,(H,34,38)(H,35,39)(H,36,37)/t28-/m1/s1. The highest BCUT2D eigenvalue weighted by Gasteiger charge is 2.33. The Morgan fingerprint density at radius 3 is 2.21 bits per heavy atom. The van der Waals surface area contributed by atoms with Crippen LogP contribution in [0.25, 0.3) is 10.8 Å². The van der Waals surface area contributed by atoms with Gasteiger partial charge in [-0.2, -0.15) is 0 Å². The van der Waals surface area contributed by atoms with Crippen LogP contribution < -0.4 is 21.3 Å². The number of fused-ring (bicyclic) bond motifs is 1. The molecule has 39 heavy (non-hydrogen) atoms. The van der Waals surface area contributed by atoms with Crippen molar-refractivity contribution in [3.8, 4) is 0 Å². The second-order valence-electron chi connectivity index (χ2n) is 11.0. The van der Waals surface area contributed by atoms with Gasteiger partial charge in [0.15, 0.2) is 0 Å². The molecule has 7 nitrogen and oxygen atoms in total. The zero-order chi connectivity index (χ0) is 28.3. The summed E-state index contributed by atoms with van der Waals surface area (Å²) >= 11 is 0. The topological polar surface area (TPSA) is 99.3 Å². The molecule has 7 heteroatoms. The van der Waals surface area contributed by atoms with Crippen LogP contribution in [0.3, 0.4) is 0 Å². The highest BCUT2D eigenvalue weighted by Crippen LogP contribution is 2.17. The predicted molar refractivity (Wildman–Crippen MR) is 158 cm³/mol. The van der Waals surface area contributed by atoms with Crippen molar-refractivity contribution in [2.75, 3.05) is 19.6 Å². The fourth-order valence-corrected chi connectivity index (χ4v) is 4.25. The lowest BCUT2D eigenvalue weighted by Gasteiger charge is -2.28. The first-order valence-electron chi connectivity index (χ1n) is 13.8. The van der Waals surface area contributed by atoms with E-state index in [1.807, 2.05) is 48.5 Å². The molecular weight excluding hydrogens is 488 g/mol. The quantitative estimate of drug-likeness (QED) is 0.235. The summed E-state index contributed by atoms with van der Waals surface area (Å²) in [6.45, 7) is 10.0. The number of hydrogen-bond acceptors (Lipinski definition) is 4. The van der Waals surface area contributed by atoms with Crippen molar-refractivity contribution < 1.29 is 14.4 Å². The van der Waals surface area contributed by atoms with Gasteiger partial charge in [0.25, 0.3) is 5.91 Å². The number of benzene rings is 3. The molecule has 0 bridgehead atoms. The second-order valence-corrected chi connectivity index (χ2v) is 11.0. The third kappa shape index (κ3) is 9.52. The van der Waals surface area contributed by atoms with E-state index >= 15 is 0 Å². The predicted octanol–water partition coefficient (Wildman–Crippen LogP) is 4.22. The van der Waals surface area contributed by atoms with Gasteiger partial charge in [-0.05, 0) is 74.2 Å². The van der Waals surface area contributed by atoms with Crippen molar-refractivity contribution in [3.05, 3.63) is 83.9 Å². The first kappa shape index (κ1) is 29.8. The van der Waals surface area contributed by atoms with Gasteiger partial charge >= 0.3 is 0 Å². The molecular formula is C32H42N4O3. The molecule has 3 aromatic rings. The Balaban J connectivity index is 1.66. The molecule has 0 aliphatic heterocycles. The van der Waals surface area contributed by atoms with Crippen molar-refractivity contribution in [1.29, 1.82) is 0 Å². The highest BCUT2D eigenvalue weighted by atomic mass is 16.2. The molecule has 0 aliphatic rings. The van der Waals surface area contributed by atoms with E-state index in [-0.39, 0.29) is 11.8 Å². The van der Waals surface area contributed by atoms with Crippen LogP contribution in [-0.4, -0.2) is 48.9 Å². The number of nitrogens with one attached hydrogen (secondary N) is 4. The minimum atomic E-state index is -1.23. The van der Waals surface area contributed by atoms with Crippen molar-refractivity contribution >= 4 is 28.5 Å². The molecule has 0 radical (unpaired) electrons. The average molecular weight is 531 g/mol. The second kappa shape index (κ2) is 14.4. The summed E-state index contributed by atoms with van der Waals surface area (Å²) in [7, 11) is 0. The molecule has 0 aliphatic carbocycles. The summed E-state index contributed by atoms with van der Waals surface area (Å²) in [6.07, 6.45) is 2.13. The zero-order valence-electron chi connectivity index (χ0n) is 23.6. The minimum absolute atomic E-state index is 0.239. The van der Waals surface area contributed by atoms with Crippen LogP contribution in [-0.2, 0) is 16.0 Å². The van der Waals surface area contributed by atoms with Gasteiger partial charge in [0.05, 0.1) is 0 Å². The Morgan fingerprint density at radius 2 is 1.49 bits per heavy atom. The number of unbranched alkanes of at least 4 members (excludes halogenated alkanes) is 1. The highest BCUT2D eigenvalue weighted by molar-refractivity contribution is 6.00. The Bertz CT molecular complexity index is 1240. The average Bonchev–Trinajstić information content (AvgIpc) is 2.92. The normalized spacial score (nSPS) is 12.2. The Morgan fingerprint density at radius 1 is 0.821 bits per heavy atom. The summed E-state index contributed by atoms with van der Waals surface area (Å²) in [6, 6.07) is 22.1. The van der Waals surface area contributed by atoms with Crippen molar-refractivity contribution in [2.24, 2.45) is 5.92 Å². The van der Waals surface area contributed by atoms with E-state index in [1.165, 1.54) is 0 Å². The Labute approximate surface area is 232 Å². The van der Waals surface area contributed by atoms with Gasteiger partial charge in [-0.25, -0.2) is 0 Å². The molecule has 3 aromatic carbocycles. The van der Waals surface area contributed by atoms with Crippen LogP contribution in [0.5, 0.6) is 0 Å². The number of carbonyl (C=O) groups is 3. The summed E-state index contributed by atoms with van der Waals surface area (Å²) < 4.78 is 0. The molecule has 0 aromatic heterocycles. The number of hydrogen-bond donors (Lipinski definition) is 4. The van der Waals surface area contributed by atoms with Crippen molar-refractivity contribution in [2.45, 2.75) is 58.5 Å². The van der Waals surface area contributed by atoms with Gasteiger partial charge in [0.1, 0.15) is 11.6 Å². The van der Waals surface area contributed by atoms with E-state index < -0.39 is 17.5 Å². The number of rotatable bonds is 14. The maximum atomic E-state index is 13.3. The van der Waals surface area contributed by atoms with Crippen LogP contribution in [0.1, 0.15) is 56.5 Å². The first-order chi connectivity index (χ1) is 18.7. The minimum Gasteiger partial charge on any atom is -0.354 e. The molecule has 4 N–H and O–H groups in total. The fourth-order valence-electron chi connectivity index (χ4n) is 4.25. The van der Waals surface area contributed by atoms with E-state index in [2.05, 4.69) is 35.1 Å². The van der Waals surface area contributed by atoms with Crippen molar-refractivity contribution in [3.63, 3.8) is 0 Å². The van der Waals surface area contributed by atoms with Crippen LogP contribution in [0.15, 0.2) is 72.8 Å². The van der Waals surface area contributed by atoms with Crippen LogP contribution in [0, 0.1) is 5.92 Å². The van der Waals surface area contributed by atoms with E-state index in [9.17, 15) is 14.4 Å². The van der Waals surface area contributed by atoms with Crippen LogP contribution in [0.4, 0.5) is 0 Å². The maximum Gasteiger partial charge on any atom is 0.252 e. The van der Waals surface area contributed by atoms with E-state index in [1.54, 1.807) is 38.1 Å². The zero-order valence-corrected chi connectivity index (χ0v) is 23.6. The lowest BCUT2D eigenvalue weighted by Crippen LogP contribution is -2.59. The molecule has 3 amide bonds. The van der Waals surface area contributed by atoms with Gasteiger partial charge in [0.2, 0.25) is 11.8 Å². The van der Waals surface area contributed by atoms with Crippen LogP contribution in [0.2, 0.25) is 0 Å². The summed E-state index contributed by atoms with van der Waals surface area (Å²) in [4.78, 5) is 39.3. The molecule has 0 fully saturated rings. The molecule has 0 saturated carbocycles. The fraction of sp³-hybridized carbons (Fsp3) is 0.406. The Hall–Kier alpha value is -3.71.